The van der Waals surface area contributed by atoms with E-state index in [9.17, 15) is 9.90 Å². The fourth-order valence-corrected chi connectivity index (χ4v) is 8.21. The summed E-state index contributed by atoms with van der Waals surface area (Å²) in [5, 5.41) is 9.39. The monoisotopic (exact) mass is 598 g/mol. The molecule has 0 amide bonds. The molecule has 39 heavy (non-hydrogen) atoms. The van der Waals surface area contributed by atoms with Crippen LogP contribution in [0.5, 0.6) is 0 Å². The van der Waals surface area contributed by atoms with Crippen LogP contribution in [-0.2, 0) is 19.0 Å². The van der Waals surface area contributed by atoms with Crippen molar-refractivity contribution in [1.29, 1.82) is 0 Å². The van der Waals surface area contributed by atoms with Crippen LogP contribution in [0.2, 0.25) is 0 Å². The van der Waals surface area contributed by atoms with Crippen LogP contribution in [0.1, 0.15) is 80.1 Å². The Morgan fingerprint density at radius 3 is 2.69 bits per heavy atom. The second kappa shape index (κ2) is 14.1. The van der Waals surface area contributed by atoms with Crippen LogP contribution < -0.4 is 0 Å². The zero-order valence-corrected chi connectivity index (χ0v) is 24.6. The van der Waals surface area contributed by atoms with Crippen LogP contribution >= 0.6 is 0 Å². The zero-order valence-electron chi connectivity index (χ0n) is 22.9. The molecular weight excluding hydrogens is 555 g/mol. The molecule has 1 N–H and O–H groups in total. The fourth-order valence-electron chi connectivity index (χ4n) is 6.44. The van der Waals surface area contributed by atoms with Crippen LogP contribution in [-0.4, -0.2) is 56.8 Å². The van der Waals surface area contributed by atoms with Crippen molar-refractivity contribution in [3.05, 3.63) is 81.7 Å². The predicted molar refractivity (Wildman–Crippen MR) is 154 cm³/mol. The molecule has 5 rings (SSSR count). The average molecular weight is 598 g/mol. The smallest absolute Gasteiger partial charge is 0.353 e. The number of rotatable bonds is 13. The average Bonchev–Trinajstić information content (AvgIpc) is 3.72. The number of aliphatic carboxylic acids is 1. The van der Waals surface area contributed by atoms with Crippen molar-refractivity contribution < 1.29 is 24.1 Å². The maximum absolute atomic E-state index is 11.4. The molecule has 0 spiro atoms. The van der Waals surface area contributed by atoms with E-state index in [4.69, 9.17) is 14.2 Å². The van der Waals surface area contributed by atoms with Gasteiger partial charge in [-0.3, -0.25) is 0 Å². The normalized spacial score (nSPS) is 29.2. The van der Waals surface area contributed by atoms with E-state index in [0.29, 0.717) is 32.4 Å². The standard InChI is InChI=1S/C33H42O5Se/c1-23(24-10-3-2-4-11-24)28(38-33-15-7-8-20-36-33)17-16-27-26(29-18-19-30(27)37-29)13-6-5-12-25(22-32(34)35)31-14-9-21-39-31/h2-6,9-11,14,16-17,21,23,25-30,33H,7-8,12-13,15,18-20,22H2,1H3,(H,34,35)/b6-5-,17-16+/t23?,25-,26+,27?,28?,29+,30-,33?/m1/s1. The Bertz CT molecular complexity index is 1070. The van der Waals surface area contributed by atoms with E-state index in [1.165, 1.54) is 10.0 Å². The van der Waals surface area contributed by atoms with E-state index in [0.717, 1.165) is 51.6 Å². The molecule has 1 aromatic carbocycles. The van der Waals surface area contributed by atoms with E-state index < -0.39 is 5.97 Å². The van der Waals surface area contributed by atoms with Crippen molar-refractivity contribution in [2.24, 2.45) is 11.8 Å². The summed E-state index contributed by atoms with van der Waals surface area (Å²) in [5.74, 6) is 0.418. The van der Waals surface area contributed by atoms with Gasteiger partial charge >= 0.3 is 160 Å². The molecule has 3 saturated heterocycles. The van der Waals surface area contributed by atoms with E-state index >= 15 is 0 Å². The summed E-state index contributed by atoms with van der Waals surface area (Å²) in [5.41, 5.74) is 1.27. The van der Waals surface area contributed by atoms with E-state index in [1.807, 2.05) is 0 Å². The van der Waals surface area contributed by atoms with Crippen molar-refractivity contribution in [2.45, 2.75) is 94.7 Å². The van der Waals surface area contributed by atoms with Gasteiger partial charge in [0, 0.05) is 6.61 Å². The molecule has 3 aliphatic heterocycles. The molecule has 3 aliphatic rings. The Balaban J connectivity index is 1.25. The minimum Gasteiger partial charge on any atom is -0.353 e. The number of fused-ring (bicyclic) bond motifs is 2. The fraction of sp³-hybridized carbons (Fsp3) is 0.545. The van der Waals surface area contributed by atoms with Gasteiger partial charge in [0.2, 0.25) is 0 Å². The van der Waals surface area contributed by atoms with Crippen LogP contribution in [0.4, 0.5) is 0 Å². The molecule has 5 nitrogen and oxygen atoms in total. The van der Waals surface area contributed by atoms with E-state index in [-0.39, 0.29) is 36.8 Å². The van der Waals surface area contributed by atoms with Gasteiger partial charge in [-0.25, -0.2) is 0 Å². The molecule has 2 bridgehead atoms. The number of hydrogen-bond donors (Lipinski definition) is 1. The van der Waals surface area contributed by atoms with Crippen molar-refractivity contribution in [2.75, 3.05) is 6.61 Å². The molecule has 4 heterocycles. The molecule has 0 aliphatic carbocycles. The van der Waals surface area contributed by atoms with Gasteiger partial charge in [0.15, 0.2) is 6.29 Å². The number of carbonyl (C=O) groups is 1. The first-order chi connectivity index (χ1) is 19.1. The molecule has 0 radical (unpaired) electrons. The second-order valence-electron chi connectivity index (χ2n) is 11.3. The predicted octanol–water partition coefficient (Wildman–Crippen LogP) is 6.70. The molecule has 8 atom stereocenters. The zero-order chi connectivity index (χ0) is 27.0. The summed E-state index contributed by atoms with van der Waals surface area (Å²) < 4.78 is 20.2. The number of carboxylic acid groups (broad SMARTS) is 1. The molecule has 6 heteroatoms. The summed E-state index contributed by atoms with van der Waals surface area (Å²) in [4.78, 5) is 13.6. The Morgan fingerprint density at radius 1 is 1.10 bits per heavy atom. The summed E-state index contributed by atoms with van der Waals surface area (Å²) in [6.07, 6.45) is 16.9. The number of hydrogen-bond acceptors (Lipinski definition) is 4. The number of benzene rings is 1. The third-order valence-electron chi connectivity index (χ3n) is 8.64. The van der Waals surface area contributed by atoms with Crippen LogP contribution in [0.15, 0.2) is 71.7 Å². The van der Waals surface area contributed by atoms with Gasteiger partial charge in [-0.2, -0.15) is 0 Å². The molecule has 2 aromatic rings. The topological polar surface area (TPSA) is 65.0 Å². The molecule has 3 fully saturated rings. The van der Waals surface area contributed by atoms with Crippen molar-refractivity contribution in [1.82, 2.24) is 0 Å². The SMILES string of the molecule is CC(c1ccccc1)C(/C=C/C1[C@H]2CC[C@H](O2)[C@H]1C/C=C\C[C@H](CC(=O)O)c1ccc[se]1)OC1CCCCO1. The first-order valence-corrected chi connectivity index (χ1v) is 16.5. The number of carboxylic acids is 1. The van der Waals surface area contributed by atoms with Gasteiger partial charge < -0.3 is 4.74 Å². The van der Waals surface area contributed by atoms with Crippen molar-refractivity contribution >= 4 is 20.5 Å². The summed E-state index contributed by atoms with van der Waals surface area (Å²) in [6, 6.07) is 14.8. The van der Waals surface area contributed by atoms with Gasteiger partial charge in [0.25, 0.3) is 0 Å². The summed E-state index contributed by atoms with van der Waals surface area (Å²) >= 11 is 0.292. The van der Waals surface area contributed by atoms with Gasteiger partial charge in [-0.15, -0.1) is 0 Å². The maximum atomic E-state index is 11.4. The van der Waals surface area contributed by atoms with Gasteiger partial charge in [0.05, 0.1) is 0 Å². The van der Waals surface area contributed by atoms with Crippen LogP contribution in [0.3, 0.4) is 0 Å². The quantitative estimate of drug-likeness (QED) is 0.206. The van der Waals surface area contributed by atoms with Gasteiger partial charge in [0.1, 0.15) is 0 Å². The first kappa shape index (κ1) is 28.6. The van der Waals surface area contributed by atoms with Crippen LogP contribution in [0, 0.1) is 11.8 Å². The molecule has 1 aromatic heterocycles. The molecule has 210 valence electrons. The number of allylic oxidation sites excluding steroid dienone is 2. The summed E-state index contributed by atoms with van der Waals surface area (Å²) in [6.45, 7) is 3.02. The molecule has 4 unspecified atom stereocenters. The Morgan fingerprint density at radius 2 is 1.95 bits per heavy atom. The van der Waals surface area contributed by atoms with Crippen molar-refractivity contribution in [3.63, 3.8) is 0 Å². The Kier molecular flexibility index (Phi) is 10.3. The minimum atomic E-state index is -0.719. The van der Waals surface area contributed by atoms with Gasteiger partial charge in [-0.05, 0) is 24.8 Å². The first-order valence-electron chi connectivity index (χ1n) is 14.6. The van der Waals surface area contributed by atoms with Gasteiger partial charge in [-0.1, -0.05) is 37.3 Å². The summed E-state index contributed by atoms with van der Waals surface area (Å²) in [7, 11) is 0. The van der Waals surface area contributed by atoms with Crippen molar-refractivity contribution in [3.8, 4) is 0 Å². The number of ether oxygens (including phenoxy) is 3. The van der Waals surface area contributed by atoms with E-state index in [1.54, 1.807) is 0 Å². The third-order valence-corrected chi connectivity index (χ3v) is 10.8. The third kappa shape index (κ3) is 7.62. The van der Waals surface area contributed by atoms with E-state index in [2.05, 4.69) is 78.6 Å². The van der Waals surface area contributed by atoms with Crippen LogP contribution in [0.25, 0.3) is 0 Å². The second-order valence-corrected chi connectivity index (χ2v) is 13.3. The molecular formula is C33H42O5Se. The Hall–Kier alpha value is -1.95. The molecule has 0 saturated carbocycles. The Labute approximate surface area is 239 Å². The minimum absolute atomic E-state index is 0.0576.